The molecule has 1 atom stereocenters. The Hall–Kier alpha value is -1.42. The SMILES string of the molecule is C=C(Cl)CC[C@@H]1CC(NC(=O)OC(C)(C)C)=CC=C1N. The topological polar surface area (TPSA) is 64.3 Å². The number of alkyl carbamates (subject to hydrolysis) is 1. The van der Waals surface area contributed by atoms with Gasteiger partial charge in [0.1, 0.15) is 5.60 Å². The van der Waals surface area contributed by atoms with Crippen molar-refractivity contribution in [3.63, 3.8) is 0 Å². The fourth-order valence-electron chi connectivity index (χ4n) is 1.91. The van der Waals surface area contributed by atoms with Gasteiger partial charge in [-0.05, 0) is 52.2 Å². The van der Waals surface area contributed by atoms with E-state index in [1.165, 1.54) is 0 Å². The average molecular weight is 299 g/mol. The number of halogens is 1. The van der Waals surface area contributed by atoms with Crippen molar-refractivity contribution in [3.05, 3.63) is 35.2 Å². The second-order valence-electron chi connectivity index (χ2n) is 5.94. The summed E-state index contributed by atoms with van der Waals surface area (Å²) in [6, 6.07) is 0. The van der Waals surface area contributed by atoms with Gasteiger partial charge in [-0.3, -0.25) is 5.32 Å². The molecule has 0 aromatic heterocycles. The fourth-order valence-corrected chi connectivity index (χ4v) is 2.02. The molecule has 0 radical (unpaired) electrons. The van der Waals surface area contributed by atoms with Crippen molar-refractivity contribution in [2.45, 2.75) is 45.6 Å². The Bertz CT molecular complexity index is 447. The maximum atomic E-state index is 11.7. The van der Waals surface area contributed by atoms with E-state index in [2.05, 4.69) is 11.9 Å². The molecule has 0 fully saturated rings. The molecular formula is C15H23ClN2O2. The van der Waals surface area contributed by atoms with E-state index in [0.29, 0.717) is 17.9 Å². The largest absolute Gasteiger partial charge is 0.444 e. The first-order chi connectivity index (χ1) is 9.17. The van der Waals surface area contributed by atoms with Crippen LogP contribution in [0.5, 0.6) is 0 Å². The molecule has 5 heteroatoms. The van der Waals surface area contributed by atoms with E-state index in [0.717, 1.165) is 17.8 Å². The molecule has 1 aliphatic carbocycles. The van der Waals surface area contributed by atoms with Gasteiger partial charge < -0.3 is 10.5 Å². The quantitative estimate of drug-likeness (QED) is 0.830. The average Bonchev–Trinajstić information content (AvgIpc) is 2.27. The van der Waals surface area contributed by atoms with Crippen molar-refractivity contribution in [1.29, 1.82) is 0 Å². The van der Waals surface area contributed by atoms with Crippen molar-refractivity contribution in [3.8, 4) is 0 Å². The molecule has 0 aromatic rings. The highest BCUT2D eigenvalue weighted by Gasteiger charge is 2.21. The lowest BCUT2D eigenvalue weighted by atomic mass is 9.90. The van der Waals surface area contributed by atoms with Crippen LogP contribution in [0.1, 0.15) is 40.0 Å². The fraction of sp³-hybridized carbons (Fsp3) is 0.533. The van der Waals surface area contributed by atoms with Crippen molar-refractivity contribution in [2.75, 3.05) is 0 Å². The Morgan fingerprint density at radius 1 is 1.55 bits per heavy atom. The van der Waals surface area contributed by atoms with Gasteiger partial charge in [-0.1, -0.05) is 18.2 Å². The van der Waals surface area contributed by atoms with Crippen LogP contribution in [0.2, 0.25) is 0 Å². The summed E-state index contributed by atoms with van der Waals surface area (Å²) in [6.07, 6.45) is 5.38. The summed E-state index contributed by atoms with van der Waals surface area (Å²) in [6.45, 7) is 9.16. The van der Waals surface area contributed by atoms with Crippen LogP contribution >= 0.6 is 11.6 Å². The van der Waals surface area contributed by atoms with Crippen LogP contribution in [-0.2, 0) is 4.74 Å². The molecule has 0 aromatic carbocycles. The zero-order valence-corrected chi connectivity index (χ0v) is 13.1. The first-order valence-corrected chi connectivity index (χ1v) is 7.04. The van der Waals surface area contributed by atoms with Crippen LogP contribution in [0, 0.1) is 5.92 Å². The monoisotopic (exact) mass is 298 g/mol. The van der Waals surface area contributed by atoms with Gasteiger partial charge in [0, 0.05) is 22.3 Å². The number of carbonyl (C=O) groups excluding carboxylic acids is 1. The maximum absolute atomic E-state index is 11.7. The third-order valence-corrected chi connectivity index (χ3v) is 3.03. The Morgan fingerprint density at radius 3 is 2.75 bits per heavy atom. The Labute approximate surface area is 125 Å². The van der Waals surface area contributed by atoms with Crippen molar-refractivity contribution < 1.29 is 9.53 Å². The van der Waals surface area contributed by atoms with E-state index in [9.17, 15) is 4.79 Å². The van der Waals surface area contributed by atoms with Crippen molar-refractivity contribution in [2.24, 2.45) is 11.7 Å². The van der Waals surface area contributed by atoms with Gasteiger partial charge in [-0.15, -0.1) is 0 Å². The van der Waals surface area contributed by atoms with Crippen LogP contribution in [0.15, 0.2) is 35.2 Å². The lowest BCUT2D eigenvalue weighted by molar-refractivity contribution is 0.0543. The smallest absolute Gasteiger partial charge is 0.411 e. The summed E-state index contributed by atoms with van der Waals surface area (Å²) in [4.78, 5) is 11.7. The normalized spacial score (nSPS) is 18.9. The maximum Gasteiger partial charge on any atom is 0.411 e. The van der Waals surface area contributed by atoms with E-state index in [4.69, 9.17) is 22.1 Å². The number of ether oxygens (including phenoxy) is 1. The minimum absolute atomic E-state index is 0.167. The van der Waals surface area contributed by atoms with Gasteiger partial charge >= 0.3 is 6.09 Å². The number of hydrogen-bond acceptors (Lipinski definition) is 3. The first-order valence-electron chi connectivity index (χ1n) is 6.67. The molecular weight excluding hydrogens is 276 g/mol. The van der Waals surface area contributed by atoms with Crippen molar-refractivity contribution in [1.82, 2.24) is 5.32 Å². The summed E-state index contributed by atoms with van der Waals surface area (Å²) in [5, 5.41) is 3.38. The molecule has 4 nitrogen and oxygen atoms in total. The number of hydrogen-bond donors (Lipinski definition) is 2. The van der Waals surface area contributed by atoms with E-state index in [-0.39, 0.29) is 5.92 Å². The molecule has 0 saturated heterocycles. The number of nitrogens with two attached hydrogens (primary N) is 1. The van der Waals surface area contributed by atoms with Crippen LogP contribution in [0.25, 0.3) is 0 Å². The molecule has 0 unspecified atom stereocenters. The summed E-state index contributed by atoms with van der Waals surface area (Å²) in [5.74, 6) is 0.167. The third-order valence-electron chi connectivity index (χ3n) is 2.84. The number of carbonyl (C=O) groups is 1. The van der Waals surface area contributed by atoms with Gasteiger partial charge in [0.25, 0.3) is 0 Å². The van der Waals surface area contributed by atoms with Gasteiger partial charge in [0.05, 0.1) is 0 Å². The predicted octanol–water partition coefficient (Wildman–Crippen LogP) is 3.79. The van der Waals surface area contributed by atoms with E-state index in [1.807, 2.05) is 32.9 Å². The second-order valence-corrected chi connectivity index (χ2v) is 6.48. The highest BCUT2D eigenvalue weighted by atomic mass is 35.5. The molecule has 0 bridgehead atoms. The first kappa shape index (κ1) is 16.6. The van der Waals surface area contributed by atoms with E-state index < -0.39 is 11.7 Å². The van der Waals surface area contributed by atoms with Gasteiger partial charge in [-0.2, -0.15) is 0 Å². The number of rotatable bonds is 4. The molecule has 3 N–H and O–H groups in total. The van der Waals surface area contributed by atoms with Gasteiger partial charge in [0.15, 0.2) is 0 Å². The molecule has 20 heavy (non-hydrogen) atoms. The Kier molecular flexibility index (Phi) is 5.69. The Morgan fingerprint density at radius 2 is 2.20 bits per heavy atom. The molecule has 112 valence electrons. The molecule has 0 spiro atoms. The minimum Gasteiger partial charge on any atom is -0.444 e. The Balaban J connectivity index is 2.56. The third kappa shape index (κ3) is 6.15. The lowest BCUT2D eigenvalue weighted by Crippen LogP contribution is -2.33. The predicted molar refractivity (Wildman–Crippen MR) is 82.1 cm³/mol. The van der Waals surface area contributed by atoms with Crippen LogP contribution in [-0.4, -0.2) is 11.7 Å². The zero-order chi connectivity index (χ0) is 15.3. The highest BCUT2D eigenvalue weighted by Crippen LogP contribution is 2.27. The summed E-state index contributed by atoms with van der Waals surface area (Å²) < 4.78 is 5.22. The molecule has 1 aliphatic rings. The minimum atomic E-state index is -0.510. The van der Waals surface area contributed by atoms with Crippen LogP contribution in [0.3, 0.4) is 0 Å². The van der Waals surface area contributed by atoms with E-state index >= 15 is 0 Å². The molecule has 0 heterocycles. The van der Waals surface area contributed by atoms with Gasteiger partial charge in [0.2, 0.25) is 0 Å². The van der Waals surface area contributed by atoms with E-state index in [1.54, 1.807) is 0 Å². The number of amides is 1. The standard InChI is InChI=1S/C15H23ClN2O2/c1-10(16)5-6-11-9-12(7-8-13(11)17)18-14(19)20-15(2,3)4/h7-8,11H,1,5-6,9,17H2,2-4H3,(H,18,19)/t11-/m1/s1. The number of nitrogens with one attached hydrogen (secondary N) is 1. The molecule has 1 rings (SSSR count). The summed E-state index contributed by atoms with van der Waals surface area (Å²) in [5.41, 5.74) is 7.06. The van der Waals surface area contributed by atoms with Crippen LogP contribution < -0.4 is 11.1 Å². The molecule has 0 saturated carbocycles. The number of allylic oxidation sites excluding steroid dienone is 5. The zero-order valence-electron chi connectivity index (χ0n) is 12.3. The van der Waals surface area contributed by atoms with Crippen LogP contribution in [0.4, 0.5) is 4.79 Å². The summed E-state index contributed by atoms with van der Waals surface area (Å²) >= 11 is 5.78. The second kappa shape index (κ2) is 6.84. The lowest BCUT2D eigenvalue weighted by Gasteiger charge is -2.24. The van der Waals surface area contributed by atoms with Gasteiger partial charge in [-0.25, -0.2) is 4.79 Å². The van der Waals surface area contributed by atoms with Crippen molar-refractivity contribution >= 4 is 17.7 Å². The highest BCUT2D eigenvalue weighted by molar-refractivity contribution is 6.29. The molecule has 0 aliphatic heterocycles. The molecule has 1 amide bonds. The summed E-state index contributed by atoms with van der Waals surface area (Å²) in [7, 11) is 0.